The van der Waals surface area contributed by atoms with Crippen LogP contribution in [0, 0.1) is 6.92 Å². The van der Waals surface area contributed by atoms with Crippen molar-refractivity contribution in [3.8, 4) is 11.5 Å². The SMILES string of the molecule is CC(=O)Cc1cc(=O)c2c(C)cc(O)c(C3OC(CO)C(O)C(O)C3OC(=O)/C=C/c3ccc(O)cc3)c2o1. The molecule has 206 valence electrons. The van der Waals surface area contributed by atoms with Crippen LogP contribution in [0.2, 0.25) is 0 Å². The van der Waals surface area contributed by atoms with Crippen LogP contribution in [-0.4, -0.2) is 68.3 Å². The molecule has 1 aromatic heterocycles. The molecule has 0 spiro atoms. The molecule has 3 aromatic rings. The molecular weight excluding hydrogens is 512 g/mol. The molecule has 0 amide bonds. The van der Waals surface area contributed by atoms with E-state index in [1.165, 1.54) is 37.3 Å². The molecule has 1 aliphatic heterocycles. The number of aryl methyl sites for hydroxylation is 1. The van der Waals surface area contributed by atoms with Crippen LogP contribution in [0.1, 0.15) is 35.5 Å². The van der Waals surface area contributed by atoms with Gasteiger partial charge in [0.1, 0.15) is 53.0 Å². The number of rotatable bonds is 7. The predicted molar refractivity (Wildman–Crippen MR) is 137 cm³/mol. The third-order valence-electron chi connectivity index (χ3n) is 6.40. The number of aromatic hydroxyl groups is 2. The van der Waals surface area contributed by atoms with Crippen molar-refractivity contribution in [2.75, 3.05) is 6.61 Å². The van der Waals surface area contributed by atoms with Crippen LogP contribution in [0.3, 0.4) is 0 Å². The Morgan fingerprint density at radius 3 is 2.41 bits per heavy atom. The largest absolute Gasteiger partial charge is 0.508 e. The van der Waals surface area contributed by atoms with Crippen LogP contribution < -0.4 is 5.43 Å². The summed E-state index contributed by atoms with van der Waals surface area (Å²) in [5, 5.41) is 51.6. The van der Waals surface area contributed by atoms with Gasteiger partial charge in [-0.3, -0.25) is 9.59 Å². The zero-order valence-corrected chi connectivity index (χ0v) is 21.1. The van der Waals surface area contributed by atoms with Gasteiger partial charge in [-0.15, -0.1) is 0 Å². The lowest BCUT2D eigenvalue weighted by atomic mass is 9.89. The number of carbonyl (C=O) groups is 2. The minimum Gasteiger partial charge on any atom is -0.508 e. The van der Waals surface area contributed by atoms with E-state index in [0.717, 1.165) is 6.08 Å². The van der Waals surface area contributed by atoms with Gasteiger partial charge in [-0.2, -0.15) is 0 Å². The quantitative estimate of drug-likeness (QED) is 0.216. The van der Waals surface area contributed by atoms with E-state index in [0.29, 0.717) is 11.1 Å². The summed E-state index contributed by atoms with van der Waals surface area (Å²) in [5.41, 5.74) is 0.107. The predicted octanol–water partition coefficient (Wildman–Crippen LogP) is 1.42. The van der Waals surface area contributed by atoms with Gasteiger partial charge >= 0.3 is 5.97 Å². The molecule has 11 nitrogen and oxygen atoms in total. The van der Waals surface area contributed by atoms with Crippen LogP contribution in [-0.2, 0) is 25.5 Å². The number of hydrogen-bond acceptors (Lipinski definition) is 11. The summed E-state index contributed by atoms with van der Waals surface area (Å²) < 4.78 is 17.1. The van der Waals surface area contributed by atoms with Crippen molar-refractivity contribution in [1.82, 2.24) is 0 Å². The monoisotopic (exact) mass is 540 g/mol. The topological polar surface area (TPSA) is 184 Å². The lowest BCUT2D eigenvalue weighted by Gasteiger charge is -2.42. The van der Waals surface area contributed by atoms with Gasteiger partial charge in [0.25, 0.3) is 0 Å². The van der Waals surface area contributed by atoms with Gasteiger partial charge in [-0.1, -0.05) is 12.1 Å². The zero-order valence-electron chi connectivity index (χ0n) is 21.1. The first kappa shape index (κ1) is 28.0. The number of aliphatic hydroxyl groups is 3. The number of hydrogen-bond donors (Lipinski definition) is 5. The molecule has 5 N–H and O–H groups in total. The van der Waals surface area contributed by atoms with E-state index in [-0.39, 0.29) is 40.2 Å². The maximum Gasteiger partial charge on any atom is 0.331 e. The number of fused-ring (bicyclic) bond motifs is 1. The molecule has 0 saturated carbocycles. The number of ether oxygens (including phenoxy) is 2. The molecule has 5 atom stereocenters. The Labute approximate surface area is 222 Å². The van der Waals surface area contributed by atoms with Crippen molar-refractivity contribution < 1.29 is 49.0 Å². The molecule has 5 unspecified atom stereocenters. The number of ketones is 1. The Morgan fingerprint density at radius 2 is 1.77 bits per heavy atom. The summed E-state index contributed by atoms with van der Waals surface area (Å²) in [5.74, 6) is -1.59. The minimum absolute atomic E-state index is 0.0201. The molecule has 11 heteroatoms. The van der Waals surface area contributed by atoms with E-state index >= 15 is 0 Å². The lowest BCUT2D eigenvalue weighted by molar-refractivity contribution is -0.239. The fourth-order valence-corrected chi connectivity index (χ4v) is 4.56. The highest BCUT2D eigenvalue weighted by atomic mass is 16.6. The Morgan fingerprint density at radius 1 is 1.08 bits per heavy atom. The number of phenols is 2. The average Bonchev–Trinajstić information content (AvgIpc) is 2.86. The van der Waals surface area contributed by atoms with Gasteiger partial charge in [0.05, 0.1) is 24.0 Å². The molecule has 4 rings (SSSR count). The third kappa shape index (κ3) is 5.86. The first-order valence-electron chi connectivity index (χ1n) is 12.1. The minimum atomic E-state index is -1.77. The first-order valence-corrected chi connectivity index (χ1v) is 12.1. The Balaban J connectivity index is 1.80. The van der Waals surface area contributed by atoms with E-state index in [4.69, 9.17) is 13.9 Å². The maximum atomic E-state index is 13.0. The molecule has 0 aliphatic carbocycles. The average molecular weight is 541 g/mol. The zero-order chi connectivity index (χ0) is 28.4. The van der Waals surface area contributed by atoms with Gasteiger partial charge < -0.3 is 39.4 Å². The van der Waals surface area contributed by atoms with E-state index in [9.17, 15) is 39.9 Å². The highest BCUT2D eigenvalue weighted by Gasteiger charge is 2.48. The molecule has 1 saturated heterocycles. The standard InChI is InChI=1S/C28H28O11/c1-13-9-18(32)23(26-22(13)19(33)11-17(37-26)10-14(2)30)27-28(25(36)24(35)20(12-29)38-27)39-21(34)8-5-15-3-6-16(31)7-4-15/h3-9,11,20,24-25,27-29,31-32,35-36H,10,12H2,1-2H3/b8-5+. The highest BCUT2D eigenvalue weighted by Crippen LogP contribution is 2.42. The van der Waals surface area contributed by atoms with Gasteiger partial charge in [0.2, 0.25) is 0 Å². The van der Waals surface area contributed by atoms with Crippen molar-refractivity contribution in [2.24, 2.45) is 0 Å². The van der Waals surface area contributed by atoms with Crippen LogP contribution in [0.4, 0.5) is 0 Å². The molecule has 2 aromatic carbocycles. The van der Waals surface area contributed by atoms with Crippen molar-refractivity contribution in [3.63, 3.8) is 0 Å². The highest BCUT2D eigenvalue weighted by molar-refractivity contribution is 5.88. The number of Topliss-reactive ketones (excluding diaryl/α,β-unsaturated/α-hetero) is 1. The van der Waals surface area contributed by atoms with Crippen LogP contribution in [0.5, 0.6) is 11.5 Å². The molecule has 2 heterocycles. The number of esters is 1. The number of carbonyl (C=O) groups excluding carboxylic acids is 2. The first-order chi connectivity index (χ1) is 18.5. The molecule has 39 heavy (non-hydrogen) atoms. The van der Waals surface area contributed by atoms with Crippen molar-refractivity contribution in [1.29, 1.82) is 0 Å². The Kier molecular flexibility index (Phi) is 8.17. The number of benzene rings is 2. The van der Waals surface area contributed by atoms with Crippen molar-refractivity contribution in [2.45, 2.75) is 50.8 Å². The molecule has 1 aliphatic rings. The summed E-state index contributed by atoms with van der Waals surface area (Å²) in [6.07, 6.45) is -5.63. The third-order valence-corrected chi connectivity index (χ3v) is 6.40. The van der Waals surface area contributed by atoms with Gasteiger partial charge in [0.15, 0.2) is 11.5 Å². The van der Waals surface area contributed by atoms with Crippen molar-refractivity contribution in [3.05, 3.63) is 75.1 Å². The van der Waals surface area contributed by atoms with Crippen LogP contribution in [0.25, 0.3) is 17.0 Å². The smallest absolute Gasteiger partial charge is 0.331 e. The second kappa shape index (κ2) is 11.4. The van der Waals surface area contributed by atoms with Gasteiger partial charge in [-0.25, -0.2) is 4.79 Å². The van der Waals surface area contributed by atoms with E-state index in [1.807, 2.05) is 0 Å². The second-order valence-corrected chi connectivity index (χ2v) is 9.37. The molecule has 1 fully saturated rings. The van der Waals surface area contributed by atoms with Crippen LogP contribution >= 0.6 is 0 Å². The summed E-state index contributed by atoms with van der Waals surface area (Å²) in [7, 11) is 0. The fraction of sp³-hybridized carbons (Fsp3) is 0.321. The van der Waals surface area contributed by atoms with Gasteiger partial charge in [-0.05, 0) is 49.2 Å². The molecule has 0 bridgehead atoms. The fourth-order valence-electron chi connectivity index (χ4n) is 4.56. The lowest BCUT2D eigenvalue weighted by Crippen LogP contribution is -2.56. The second-order valence-electron chi connectivity index (χ2n) is 9.37. The summed E-state index contributed by atoms with van der Waals surface area (Å²) in [6.45, 7) is 2.16. The van der Waals surface area contributed by atoms with E-state index < -0.39 is 54.3 Å². The molecular formula is C28H28O11. The van der Waals surface area contributed by atoms with E-state index in [2.05, 4.69) is 0 Å². The summed E-state index contributed by atoms with van der Waals surface area (Å²) >= 11 is 0. The number of phenolic OH excluding ortho intramolecular Hbond substituents is 2. The van der Waals surface area contributed by atoms with Crippen molar-refractivity contribution >= 4 is 28.8 Å². The molecule has 0 radical (unpaired) electrons. The summed E-state index contributed by atoms with van der Waals surface area (Å²) in [4.78, 5) is 37.4. The van der Waals surface area contributed by atoms with E-state index in [1.54, 1.807) is 19.1 Å². The Bertz CT molecular complexity index is 1470. The van der Waals surface area contributed by atoms with Crippen LogP contribution in [0.15, 0.2) is 51.7 Å². The maximum absolute atomic E-state index is 13.0. The number of aliphatic hydroxyl groups excluding tert-OH is 3. The Hall–Kier alpha value is -4.03. The van der Waals surface area contributed by atoms with Gasteiger partial charge in [0, 0.05) is 12.1 Å². The summed E-state index contributed by atoms with van der Waals surface area (Å²) in [6, 6.07) is 8.38. The normalized spacial score (nSPS) is 23.3.